The number of nitrogens with two attached hydrogens (primary N) is 1. The van der Waals surface area contributed by atoms with Crippen LogP contribution >= 0.6 is 0 Å². The van der Waals surface area contributed by atoms with E-state index in [9.17, 15) is 18.4 Å². The number of anilines is 1. The van der Waals surface area contributed by atoms with Gasteiger partial charge in [0.25, 0.3) is 5.91 Å². The second-order valence-corrected chi connectivity index (χ2v) is 10.5. The molecule has 5 aromatic rings. The van der Waals surface area contributed by atoms with Crippen molar-refractivity contribution in [1.82, 2.24) is 29.5 Å². The van der Waals surface area contributed by atoms with E-state index in [2.05, 4.69) is 15.6 Å². The van der Waals surface area contributed by atoms with E-state index < -0.39 is 35.7 Å². The standard InChI is InChI=1S/C31H30F2N8O4/c1-18-27(20-9-11-26-35-25(29(34)42)16-39(26)15-20)38-41(21-6-4-3-5-7-21)30(18)37-31(43)36-24-17-40(12-13-44-2)45-28(24)19-8-10-22(32)23(33)14-19/h3-11,14-16,24,28H,12-13,17H2,1-2H3,(H2,34,42)(H2,36,37,43)/t24-,28+/m1/s1. The molecule has 3 amide bonds. The lowest BCUT2D eigenvalue weighted by Crippen LogP contribution is -2.42. The molecule has 2 atom stereocenters. The van der Waals surface area contributed by atoms with Crippen LogP contribution in [0.5, 0.6) is 0 Å². The third kappa shape index (κ3) is 6.11. The van der Waals surface area contributed by atoms with Gasteiger partial charge in [0, 0.05) is 43.7 Å². The van der Waals surface area contributed by atoms with E-state index in [-0.39, 0.29) is 12.2 Å². The molecule has 1 fully saturated rings. The number of nitrogens with zero attached hydrogens (tertiary/aromatic N) is 5. The highest BCUT2D eigenvalue weighted by Gasteiger charge is 2.37. The predicted molar refractivity (Wildman–Crippen MR) is 161 cm³/mol. The second kappa shape index (κ2) is 12.4. The molecule has 4 heterocycles. The molecular weight excluding hydrogens is 586 g/mol. The molecule has 6 rings (SSSR count). The molecule has 0 radical (unpaired) electrons. The Bertz CT molecular complexity index is 1880. The Morgan fingerprint density at radius 2 is 1.89 bits per heavy atom. The SMILES string of the molecule is COCCN1C[C@@H](NC(=O)Nc2c(C)c(-c3ccc4nc(C(N)=O)cn4c3)nn2-c2ccccc2)[C@H](c2ccc(F)c(F)c2)O1. The summed E-state index contributed by atoms with van der Waals surface area (Å²) in [5, 5.41) is 12.3. The molecule has 1 aliphatic rings. The minimum Gasteiger partial charge on any atom is -0.383 e. The van der Waals surface area contributed by atoms with E-state index >= 15 is 0 Å². The number of halogens is 2. The summed E-state index contributed by atoms with van der Waals surface area (Å²) >= 11 is 0. The fraction of sp³-hybridized carbons (Fsp3) is 0.226. The number of ether oxygens (including phenoxy) is 1. The van der Waals surface area contributed by atoms with Gasteiger partial charge in [0.2, 0.25) is 0 Å². The lowest BCUT2D eigenvalue weighted by Gasteiger charge is -2.20. The molecule has 4 N–H and O–H groups in total. The van der Waals surface area contributed by atoms with Crippen LogP contribution in [-0.4, -0.2) is 69.0 Å². The van der Waals surface area contributed by atoms with Crippen LogP contribution in [0.2, 0.25) is 0 Å². The van der Waals surface area contributed by atoms with Crippen molar-refractivity contribution in [3.63, 3.8) is 0 Å². The van der Waals surface area contributed by atoms with E-state index in [1.165, 1.54) is 6.07 Å². The highest BCUT2D eigenvalue weighted by Crippen LogP contribution is 2.32. The lowest BCUT2D eigenvalue weighted by atomic mass is 10.0. The number of amides is 3. The Kier molecular flexibility index (Phi) is 8.26. The van der Waals surface area contributed by atoms with Crippen molar-refractivity contribution in [3.05, 3.63) is 102 Å². The summed E-state index contributed by atoms with van der Waals surface area (Å²) in [4.78, 5) is 35.4. The van der Waals surface area contributed by atoms with Crippen LogP contribution in [0, 0.1) is 18.6 Å². The summed E-state index contributed by atoms with van der Waals surface area (Å²) in [6.07, 6.45) is 2.55. The molecule has 232 valence electrons. The first-order chi connectivity index (χ1) is 21.7. The molecule has 0 saturated carbocycles. The van der Waals surface area contributed by atoms with Gasteiger partial charge in [0.1, 0.15) is 23.3 Å². The molecule has 45 heavy (non-hydrogen) atoms. The van der Waals surface area contributed by atoms with Crippen molar-refractivity contribution in [2.45, 2.75) is 19.1 Å². The Labute approximate surface area is 256 Å². The molecule has 3 aromatic heterocycles. The van der Waals surface area contributed by atoms with Crippen LogP contribution in [0.15, 0.2) is 73.1 Å². The zero-order valence-electron chi connectivity index (χ0n) is 24.4. The molecule has 0 spiro atoms. The molecule has 1 aliphatic heterocycles. The van der Waals surface area contributed by atoms with Gasteiger partial charge in [-0.2, -0.15) is 10.2 Å². The fourth-order valence-corrected chi connectivity index (χ4v) is 5.27. The van der Waals surface area contributed by atoms with E-state index in [0.29, 0.717) is 52.7 Å². The number of pyridine rings is 1. The molecule has 2 aromatic carbocycles. The first-order valence-corrected chi connectivity index (χ1v) is 14.1. The highest BCUT2D eigenvalue weighted by molar-refractivity contribution is 5.92. The smallest absolute Gasteiger partial charge is 0.320 e. The van der Waals surface area contributed by atoms with Crippen LogP contribution in [0.1, 0.15) is 27.7 Å². The number of carbonyl (C=O) groups is 2. The number of methoxy groups -OCH3 is 1. The van der Waals surface area contributed by atoms with Gasteiger partial charge in [-0.05, 0) is 48.9 Å². The second-order valence-electron chi connectivity index (χ2n) is 10.5. The Balaban J connectivity index is 1.31. The number of urea groups is 1. The quantitative estimate of drug-likeness (QED) is 0.227. The molecular formula is C31H30F2N8O4. The van der Waals surface area contributed by atoms with Crippen molar-refractivity contribution < 1.29 is 27.9 Å². The fourth-order valence-electron chi connectivity index (χ4n) is 5.27. The first kappa shape index (κ1) is 29.9. The Hall–Kier alpha value is -5.18. The monoisotopic (exact) mass is 616 g/mol. The molecule has 12 nitrogen and oxygen atoms in total. The Morgan fingerprint density at radius 3 is 2.62 bits per heavy atom. The maximum atomic E-state index is 14.1. The van der Waals surface area contributed by atoms with E-state index in [1.54, 1.807) is 39.7 Å². The normalized spacial score (nSPS) is 16.7. The minimum atomic E-state index is -1.01. The number of rotatable bonds is 9. The van der Waals surface area contributed by atoms with E-state index in [4.69, 9.17) is 20.4 Å². The van der Waals surface area contributed by atoms with E-state index in [0.717, 1.165) is 12.1 Å². The van der Waals surface area contributed by atoms with Gasteiger partial charge in [-0.15, -0.1) is 0 Å². The van der Waals surface area contributed by atoms with Crippen LogP contribution in [-0.2, 0) is 9.57 Å². The van der Waals surface area contributed by atoms with Crippen molar-refractivity contribution in [2.24, 2.45) is 5.73 Å². The third-order valence-electron chi connectivity index (χ3n) is 7.49. The number of benzene rings is 2. The largest absolute Gasteiger partial charge is 0.383 e. The molecule has 1 saturated heterocycles. The first-order valence-electron chi connectivity index (χ1n) is 14.1. The van der Waals surface area contributed by atoms with Crippen molar-refractivity contribution >= 4 is 23.4 Å². The van der Waals surface area contributed by atoms with Gasteiger partial charge in [-0.3, -0.25) is 14.9 Å². The lowest BCUT2D eigenvalue weighted by molar-refractivity contribution is -0.154. The zero-order valence-corrected chi connectivity index (χ0v) is 24.4. The summed E-state index contributed by atoms with van der Waals surface area (Å²) in [5.74, 6) is -2.21. The van der Waals surface area contributed by atoms with Crippen LogP contribution in [0.25, 0.3) is 22.6 Å². The Morgan fingerprint density at radius 1 is 1.09 bits per heavy atom. The molecule has 0 bridgehead atoms. The number of primary amides is 1. The molecule has 0 aliphatic carbocycles. The van der Waals surface area contributed by atoms with Crippen LogP contribution in [0.3, 0.4) is 0 Å². The number of para-hydroxylation sites is 1. The van der Waals surface area contributed by atoms with Gasteiger partial charge >= 0.3 is 6.03 Å². The number of aromatic nitrogens is 4. The number of imidazole rings is 1. The predicted octanol–water partition coefficient (Wildman–Crippen LogP) is 4.00. The van der Waals surface area contributed by atoms with Gasteiger partial charge in [0.05, 0.1) is 24.0 Å². The summed E-state index contributed by atoms with van der Waals surface area (Å²) in [5.41, 5.74) is 9.13. The van der Waals surface area contributed by atoms with E-state index in [1.807, 2.05) is 43.3 Å². The number of hydrogen-bond acceptors (Lipinski definition) is 7. The van der Waals surface area contributed by atoms with Crippen molar-refractivity contribution in [1.29, 1.82) is 0 Å². The van der Waals surface area contributed by atoms with Crippen molar-refractivity contribution in [2.75, 3.05) is 32.1 Å². The third-order valence-corrected chi connectivity index (χ3v) is 7.49. The molecule has 14 heteroatoms. The minimum absolute atomic E-state index is 0.135. The number of carbonyl (C=O) groups excluding carboxylic acids is 2. The van der Waals surface area contributed by atoms with Gasteiger partial charge in [-0.25, -0.2) is 23.2 Å². The number of hydrogen-bond donors (Lipinski definition) is 3. The maximum absolute atomic E-state index is 14.1. The summed E-state index contributed by atoms with van der Waals surface area (Å²) in [6.45, 7) is 2.89. The number of nitrogens with one attached hydrogen (secondary N) is 2. The van der Waals surface area contributed by atoms with Crippen molar-refractivity contribution in [3.8, 4) is 16.9 Å². The highest BCUT2D eigenvalue weighted by atomic mass is 19.2. The summed E-state index contributed by atoms with van der Waals surface area (Å²) < 4.78 is 36.3. The van der Waals surface area contributed by atoms with Gasteiger partial charge in [-0.1, -0.05) is 24.3 Å². The summed E-state index contributed by atoms with van der Waals surface area (Å²) in [7, 11) is 1.56. The maximum Gasteiger partial charge on any atom is 0.320 e. The summed E-state index contributed by atoms with van der Waals surface area (Å²) in [6, 6.07) is 15.2. The topological polar surface area (TPSA) is 141 Å². The van der Waals surface area contributed by atoms with Gasteiger partial charge in [0.15, 0.2) is 11.6 Å². The zero-order chi connectivity index (χ0) is 31.7. The van der Waals surface area contributed by atoms with Crippen LogP contribution < -0.4 is 16.4 Å². The average molecular weight is 617 g/mol. The number of hydroxylamine groups is 2. The van der Waals surface area contributed by atoms with Crippen LogP contribution in [0.4, 0.5) is 19.4 Å². The number of fused-ring (bicyclic) bond motifs is 1. The van der Waals surface area contributed by atoms with Gasteiger partial charge < -0.3 is 20.2 Å². The molecule has 0 unspecified atom stereocenters. The average Bonchev–Trinajstić information content (AvgIpc) is 3.73.